The van der Waals surface area contributed by atoms with Crippen LogP contribution in [0.3, 0.4) is 0 Å². The first-order valence-electron chi connectivity index (χ1n) is 14.1. The smallest absolute Gasteiger partial charge is 0.264 e. The minimum Gasteiger partial charge on any atom is -0.388 e. The third-order valence-electron chi connectivity index (χ3n) is 9.62. The van der Waals surface area contributed by atoms with Crippen LogP contribution in [0.5, 0.6) is 0 Å². The Hall–Kier alpha value is -3.24. The van der Waals surface area contributed by atoms with Gasteiger partial charge in [0.2, 0.25) is 5.91 Å². The van der Waals surface area contributed by atoms with Crippen LogP contribution in [0.1, 0.15) is 45.4 Å². The van der Waals surface area contributed by atoms with Crippen molar-refractivity contribution in [3.8, 4) is 5.69 Å². The van der Waals surface area contributed by atoms with E-state index in [-0.39, 0.29) is 23.4 Å². The predicted molar refractivity (Wildman–Crippen MR) is 146 cm³/mol. The third-order valence-corrected chi connectivity index (χ3v) is 9.62. The summed E-state index contributed by atoms with van der Waals surface area (Å²) in [6.07, 6.45) is 8.17. The molecule has 206 valence electrons. The van der Waals surface area contributed by atoms with E-state index in [2.05, 4.69) is 27.1 Å². The van der Waals surface area contributed by atoms with Gasteiger partial charge >= 0.3 is 0 Å². The number of rotatable bonds is 5. The number of anilines is 1. The number of carbonyl (C=O) groups excluding carboxylic acids is 1. The molecule has 0 radical (unpaired) electrons. The number of amides is 1. The van der Waals surface area contributed by atoms with Crippen molar-refractivity contribution in [1.82, 2.24) is 24.2 Å². The molecule has 5 heterocycles. The number of nitrogens with zero attached hydrogens (tertiary/aromatic N) is 6. The van der Waals surface area contributed by atoms with Gasteiger partial charge in [0.1, 0.15) is 11.7 Å². The van der Waals surface area contributed by atoms with Gasteiger partial charge in [0.25, 0.3) is 5.56 Å². The fourth-order valence-corrected chi connectivity index (χ4v) is 6.36. The van der Waals surface area contributed by atoms with Crippen LogP contribution in [0, 0.1) is 10.8 Å². The van der Waals surface area contributed by atoms with E-state index in [0.29, 0.717) is 42.4 Å². The average molecular weight is 533 g/mol. The highest BCUT2D eigenvalue weighted by molar-refractivity contribution is 5.85. The molecule has 1 spiro atoms. The zero-order chi connectivity index (χ0) is 26.8. The molecule has 0 atom stereocenters. The Labute approximate surface area is 227 Å². The zero-order valence-corrected chi connectivity index (χ0v) is 22.5. The molecule has 10 nitrogen and oxygen atoms in total. The molecule has 3 aromatic rings. The Kier molecular flexibility index (Phi) is 5.65. The number of benzene rings is 1. The maximum atomic E-state index is 13.3. The summed E-state index contributed by atoms with van der Waals surface area (Å²) in [6, 6.07) is 8.25. The number of ether oxygens (including phenoxy) is 1. The summed E-state index contributed by atoms with van der Waals surface area (Å²) in [5.41, 5.74) is 1.47. The molecule has 1 aliphatic carbocycles. The largest absolute Gasteiger partial charge is 0.388 e. The molecule has 3 saturated heterocycles. The molecule has 7 rings (SSSR count). The summed E-state index contributed by atoms with van der Waals surface area (Å²) in [5.74, 6) is 0.193. The van der Waals surface area contributed by atoms with Gasteiger partial charge in [0, 0.05) is 42.7 Å². The molecule has 0 bridgehead atoms. The maximum absolute atomic E-state index is 13.3. The maximum Gasteiger partial charge on any atom is 0.264 e. The van der Waals surface area contributed by atoms with Crippen molar-refractivity contribution in [2.45, 2.75) is 57.6 Å². The second-order valence-corrected chi connectivity index (χ2v) is 12.5. The van der Waals surface area contributed by atoms with Crippen LogP contribution in [-0.2, 0) is 16.1 Å². The summed E-state index contributed by atoms with van der Waals surface area (Å²) >= 11 is 0. The summed E-state index contributed by atoms with van der Waals surface area (Å²) in [5, 5.41) is 16.1. The predicted octanol–water partition coefficient (Wildman–Crippen LogP) is 2.35. The summed E-state index contributed by atoms with van der Waals surface area (Å²) in [6.45, 7) is 7.06. The topological polar surface area (TPSA) is 106 Å². The van der Waals surface area contributed by atoms with Crippen molar-refractivity contribution in [1.29, 1.82) is 0 Å². The van der Waals surface area contributed by atoms with Crippen LogP contribution in [-0.4, -0.2) is 80.2 Å². The molecule has 4 aliphatic rings. The number of hydrogen-bond donors (Lipinski definition) is 1. The molecule has 10 heteroatoms. The van der Waals surface area contributed by atoms with Crippen LogP contribution in [0.15, 0.2) is 41.6 Å². The molecular formula is C29H36N6O4. The Morgan fingerprint density at radius 3 is 2.26 bits per heavy atom. The number of piperidine rings is 2. The average Bonchev–Trinajstić information content (AvgIpc) is 3.54. The van der Waals surface area contributed by atoms with E-state index >= 15 is 0 Å². The monoisotopic (exact) mass is 532 g/mol. The molecule has 1 aromatic carbocycles. The quantitative estimate of drug-likeness (QED) is 0.538. The van der Waals surface area contributed by atoms with Crippen LogP contribution < -0.4 is 10.5 Å². The summed E-state index contributed by atoms with van der Waals surface area (Å²) in [7, 11) is 0. The van der Waals surface area contributed by atoms with E-state index in [4.69, 9.17) is 4.74 Å². The number of hydrogen-bond acceptors (Lipinski definition) is 7. The number of likely N-dealkylation sites (tertiary alicyclic amines) is 1. The van der Waals surface area contributed by atoms with Gasteiger partial charge in [0.05, 0.1) is 37.2 Å². The molecule has 2 aromatic heterocycles. The second kappa shape index (κ2) is 8.89. The zero-order valence-electron chi connectivity index (χ0n) is 22.5. The van der Waals surface area contributed by atoms with Crippen molar-refractivity contribution < 1.29 is 14.6 Å². The normalized spacial score (nSPS) is 23.1. The van der Waals surface area contributed by atoms with Gasteiger partial charge in [0.15, 0.2) is 5.65 Å². The number of aromatic nitrogens is 4. The lowest BCUT2D eigenvalue weighted by Crippen LogP contribution is -2.51. The fraction of sp³-hybridized carbons (Fsp3) is 0.586. The lowest BCUT2D eigenvalue weighted by molar-refractivity contribution is -0.141. The Morgan fingerprint density at radius 1 is 0.974 bits per heavy atom. The molecule has 1 N–H and O–H groups in total. The molecule has 3 aliphatic heterocycles. The second-order valence-electron chi connectivity index (χ2n) is 12.5. The highest BCUT2D eigenvalue weighted by Crippen LogP contribution is 2.47. The third kappa shape index (κ3) is 4.34. The molecule has 4 fully saturated rings. The fourth-order valence-electron chi connectivity index (χ4n) is 6.36. The van der Waals surface area contributed by atoms with Crippen LogP contribution in [0.2, 0.25) is 0 Å². The van der Waals surface area contributed by atoms with Gasteiger partial charge in [-0.2, -0.15) is 5.10 Å². The lowest BCUT2D eigenvalue weighted by atomic mass is 9.77. The van der Waals surface area contributed by atoms with Crippen molar-refractivity contribution in [2.24, 2.45) is 10.8 Å². The van der Waals surface area contributed by atoms with Crippen LogP contribution in [0.4, 0.5) is 5.69 Å². The van der Waals surface area contributed by atoms with Gasteiger partial charge in [-0.25, -0.2) is 9.67 Å². The molecule has 39 heavy (non-hydrogen) atoms. The minimum absolute atomic E-state index is 0.150. The number of aliphatic hydroxyl groups is 1. The van der Waals surface area contributed by atoms with E-state index < -0.39 is 5.60 Å². The number of fused-ring (bicyclic) bond motifs is 1. The van der Waals surface area contributed by atoms with Gasteiger partial charge in [-0.3, -0.25) is 14.2 Å². The summed E-state index contributed by atoms with van der Waals surface area (Å²) < 4.78 is 8.62. The molecule has 1 saturated carbocycles. The van der Waals surface area contributed by atoms with E-state index in [1.807, 2.05) is 24.0 Å². The number of carbonyl (C=O) groups is 1. The van der Waals surface area contributed by atoms with Crippen molar-refractivity contribution >= 4 is 22.6 Å². The van der Waals surface area contributed by atoms with Crippen molar-refractivity contribution in [2.75, 3.05) is 44.3 Å². The van der Waals surface area contributed by atoms with Crippen molar-refractivity contribution in [3.05, 3.63) is 47.1 Å². The van der Waals surface area contributed by atoms with Crippen LogP contribution in [0.25, 0.3) is 16.7 Å². The Balaban J connectivity index is 1.04. The van der Waals surface area contributed by atoms with Crippen molar-refractivity contribution in [3.63, 3.8) is 0 Å². The van der Waals surface area contributed by atoms with Gasteiger partial charge in [-0.05, 0) is 62.8 Å². The van der Waals surface area contributed by atoms with E-state index in [9.17, 15) is 14.7 Å². The summed E-state index contributed by atoms with van der Waals surface area (Å²) in [4.78, 5) is 34.8. The SMILES string of the molecule is CC1(C(=O)N2CCC(O)(Cn3cnc4c(cnn4-c4ccc(N5CCC6(CC5)COC6)cc4)c3=O)CC2)CC1. The molecule has 0 unspecified atom stereocenters. The molecule has 1 amide bonds. The Morgan fingerprint density at radius 2 is 1.64 bits per heavy atom. The highest BCUT2D eigenvalue weighted by atomic mass is 16.5. The minimum atomic E-state index is -1.05. The standard InChI is InChI=1S/C29H36N6O4/c1-27(6-7-27)26(37)33-14-10-29(38,11-15-33)17-34-20-30-24-23(25(34)36)16-31-35(24)22-4-2-21(3-5-22)32-12-8-28(9-13-32)18-39-19-28/h2-5,16,20,38H,6-15,17-19H2,1H3. The van der Waals surface area contributed by atoms with E-state index in [1.165, 1.54) is 29.4 Å². The van der Waals surface area contributed by atoms with E-state index in [0.717, 1.165) is 44.8 Å². The Bertz CT molecular complexity index is 1450. The van der Waals surface area contributed by atoms with E-state index in [1.54, 1.807) is 10.9 Å². The lowest BCUT2D eigenvalue weighted by Gasteiger charge is -2.47. The first kappa shape index (κ1) is 24.8. The van der Waals surface area contributed by atoms with Crippen LogP contribution >= 0.6 is 0 Å². The first-order valence-corrected chi connectivity index (χ1v) is 14.1. The highest BCUT2D eigenvalue weighted by Gasteiger charge is 2.48. The molecular weight excluding hydrogens is 496 g/mol. The first-order chi connectivity index (χ1) is 18.8. The van der Waals surface area contributed by atoms with Gasteiger partial charge < -0.3 is 19.6 Å². The van der Waals surface area contributed by atoms with Gasteiger partial charge in [-0.1, -0.05) is 6.92 Å². The van der Waals surface area contributed by atoms with Gasteiger partial charge in [-0.15, -0.1) is 0 Å².